The first-order valence-electron chi connectivity index (χ1n) is 3.03. The smallest absolute Gasteiger partial charge is 0.0446 e. The maximum Gasteiger partial charge on any atom is 0.0446 e. The van der Waals surface area contributed by atoms with E-state index >= 15 is 0 Å². The van der Waals surface area contributed by atoms with Crippen molar-refractivity contribution in [2.75, 3.05) is 13.2 Å². The number of hydrogen-bond donors (Lipinski definition) is 4. The van der Waals surface area contributed by atoms with Crippen molar-refractivity contribution < 1.29 is 10.2 Å². The van der Waals surface area contributed by atoms with E-state index in [1.807, 2.05) is 0 Å². The highest BCUT2D eigenvalue weighted by Gasteiger charge is 2.02. The van der Waals surface area contributed by atoms with Gasteiger partial charge < -0.3 is 10.2 Å². The number of hydrazine groups is 1. The van der Waals surface area contributed by atoms with Gasteiger partial charge in [-0.3, -0.25) is 11.3 Å². The summed E-state index contributed by atoms with van der Waals surface area (Å²) in [5.41, 5.74) is 2.48. The van der Waals surface area contributed by atoms with Gasteiger partial charge in [0.1, 0.15) is 0 Å². The van der Waals surface area contributed by atoms with Crippen LogP contribution in [0.1, 0.15) is 12.8 Å². The van der Waals surface area contributed by atoms with E-state index in [2.05, 4.69) is 5.43 Å². The molecular weight excluding hydrogens is 120 g/mol. The Bertz CT molecular complexity index is 54.9. The largest absolute Gasteiger partial charge is 0.396 e. The molecule has 0 fully saturated rings. The molecule has 0 aliphatic carbocycles. The topological polar surface area (TPSA) is 78.5 Å². The van der Waals surface area contributed by atoms with E-state index < -0.39 is 0 Å². The number of nitrogens with one attached hydrogen (secondary N) is 1. The van der Waals surface area contributed by atoms with E-state index in [9.17, 15) is 0 Å². The summed E-state index contributed by atoms with van der Waals surface area (Å²) in [7, 11) is 0. The van der Waals surface area contributed by atoms with Crippen LogP contribution in [-0.4, -0.2) is 29.5 Å². The first-order chi connectivity index (χ1) is 4.35. The fraction of sp³-hybridized carbons (Fsp3) is 1.00. The Kier molecular flexibility index (Phi) is 5.86. The molecule has 0 unspecified atom stereocenters. The average molecular weight is 134 g/mol. The van der Waals surface area contributed by atoms with Crippen molar-refractivity contribution in [3.8, 4) is 0 Å². The SMILES string of the molecule is NNC(CCO)CCO. The van der Waals surface area contributed by atoms with Crippen LogP contribution in [0.3, 0.4) is 0 Å². The van der Waals surface area contributed by atoms with E-state index in [0.717, 1.165) is 0 Å². The maximum atomic E-state index is 8.42. The molecule has 0 aromatic carbocycles. The molecule has 0 bridgehead atoms. The number of aliphatic hydroxyl groups excluding tert-OH is 2. The summed E-state index contributed by atoms with van der Waals surface area (Å²) in [6, 6.07) is 0.0417. The third-order valence-corrected chi connectivity index (χ3v) is 1.19. The van der Waals surface area contributed by atoms with Crippen LogP contribution in [0.5, 0.6) is 0 Å². The highest BCUT2D eigenvalue weighted by atomic mass is 16.3. The van der Waals surface area contributed by atoms with Crippen molar-refractivity contribution in [2.24, 2.45) is 5.84 Å². The van der Waals surface area contributed by atoms with Crippen molar-refractivity contribution in [3.05, 3.63) is 0 Å². The average Bonchev–Trinajstić information content (AvgIpc) is 1.88. The van der Waals surface area contributed by atoms with Crippen LogP contribution in [0.4, 0.5) is 0 Å². The lowest BCUT2D eigenvalue weighted by Crippen LogP contribution is -2.36. The fourth-order valence-corrected chi connectivity index (χ4v) is 0.623. The Labute approximate surface area is 54.6 Å². The van der Waals surface area contributed by atoms with E-state index in [1.54, 1.807) is 0 Å². The number of nitrogens with two attached hydrogens (primary N) is 1. The molecule has 4 nitrogen and oxygen atoms in total. The van der Waals surface area contributed by atoms with Gasteiger partial charge in [0, 0.05) is 19.3 Å². The predicted octanol–water partition coefficient (Wildman–Crippen LogP) is -1.42. The third kappa shape index (κ3) is 4.35. The zero-order chi connectivity index (χ0) is 7.11. The van der Waals surface area contributed by atoms with Gasteiger partial charge >= 0.3 is 0 Å². The van der Waals surface area contributed by atoms with E-state index in [4.69, 9.17) is 16.1 Å². The Morgan fingerprint density at radius 2 is 1.67 bits per heavy atom. The first kappa shape index (κ1) is 8.84. The third-order valence-electron chi connectivity index (χ3n) is 1.19. The minimum absolute atomic E-state index is 0.0417. The molecule has 0 saturated carbocycles. The molecule has 9 heavy (non-hydrogen) atoms. The summed E-state index contributed by atoms with van der Waals surface area (Å²) >= 11 is 0. The van der Waals surface area contributed by atoms with Crippen molar-refractivity contribution in [1.82, 2.24) is 5.43 Å². The van der Waals surface area contributed by atoms with Gasteiger partial charge in [0.2, 0.25) is 0 Å². The lowest BCUT2D eigenvalue weighted by atomic mass is 10.2. The number of rotatable bonds is 5. The summed E-state index contributed by atoms with van der Waals surface area (Å²) in [6.07, 6.45) is 1.19. The molecule has 0 heterocycles. The predicted molar refractivity (Wildman–Crippen MR) is 34.5 cm³/mol. The molecular formula is C5H14N2O2. The van der Waals surface area contributed by atoms with Crippen LogP contribution in [0, 0.1) is 0 Å². The van der Waals surface area contributed by atoms with Crippen LogP contribution < -0.4 is 11.3 Å². The molecule has 0 aliphatic heterocycles. The maximum absolute atomic E-state index is 8.42. The van der Waals surface area contributed by atoms with Gasteiger partial charge in [0.05, 0.1) is 0 Å². The lowest BCUT2D eigenvalue weighted by molar-refractivity contribution is 0.228. The van der Waals surface area contributed by atoms with Gasteiger partial charge in [-0.1, -0.05) is 0 Å². The van der Waals surface area contributed by atoms with Crippen molar-refractivity contribution in [2.45, 2.75) is 18.9 Å². The molecule has 4 heteroatoms. The van der Waals surface area contributed by atoms with Crippen molar-refractivity contribution in [1.29, 1.82) is 0 Å². The molecule has 5 N–H and O–H groups in total. The second-order valence-electron chi connectivity index (χ2n) is 1.89. The number of aliphatic hydroxyl groups is 2. The molecule has 0 atom stereocenters. The Hall–Kier alpha value is -0.160. The van der Waals surface area contributed by atoms with Crippen molar-refractivity contribution in [3.63, 3.8) is 0 Å². The summed E-state index contributed by atoms with van der Waals surface area (Å²) in [6.45, 7) is 0.212. The van der Waals surface area contributed by atoms with E-state index in [1.165, 1.54) is 0 Å². The zero-order valence-electron chi connectivity index (χ0n) is 5.38. The summed E-state index contributed by atoms with van der Waals surface area (Å²) in [5.74, 6) is 5.07. The summed E-state index contributed by atoms with van der Waals surface area (Å²) < 4.78 is 0. The minimum Gasteiger partial charge on any atom is -0.396 e. The van der Waals surface area contributed by atoms with Gasteiger partial charge in [-0.25, -0.2) is 0 Å². The molecule has 0 amide bonds. The van der Waals surface area contributed by atoms with Gasteiger partial charge in [0.15, 0.2) is 0 Å². The molecule has 0 saturated heterocycles. The monoisotopic (exact) mass is 134 g/mol. The Balaban J connectivity index is 3.18. The lowest BCUT2D eigenvalue weighted by Gasteiger charge is -2.11. The molecule has 0 radical (unpaired) electrons. The molecule has 0 rings (SSSR count). The quantitative estimate of drug-likeness (QED) is 0.275. The normalized spacial score (nSPS) is 10.7. The van der Waals surface area contributed by atoms with Gasteiger partial charge in [-0.05, 0) is 12.8 Å². The summed E-state index contributed by atoms with van der Waals surface area (Å²) in [4.78, 5) is 0. The zero-order valence-corrected chi connectivity index (χ0v) is 5.38. The van der Waals surface area contributed by atoms with Crippen molar-refractivity contribution >= 4 is 0 Å². The molecule has 0 aromatic rings. The van der Waals surface area contributed by atoms with Gasteiger partial charge in [-0.2, -0.15) is 0 Å². The van der Waals surface area contributed by atoms with Crippen LogP contribution in [0.15, 0.2) is 0 Å². The van der Waals surface area contributed by atoms with Crippen LogP contribution in [0.25, 0.3) is 0 Å². The van der Waals surface area contributed by atoms with Gasteiger partial charge in [-0.15, -0.1) is 0 Å². The van der Waals surface area contributed by atoms with E-state index in [0.29, 0.717) is 12.8 Å². The standard InChI is InChI=1S/C5H14N2O2/c6-7-5(1-3-8)2-4-9/h5,7-9H,1-4,6H2. The van der Waals surface area contributed by atoms with Gasteiger partial charge in [0.25, 0.3) is 0 Å². The Morgan fingerprint density at radius 3 is 1.89 bits per heavy atom. The highest BCUT2D eigenvalue weighted by Crippen LogP contribution is 1.93. The van der Waals surface area contributed by atoms with Crippen LogP contribution >= 0.6 is 0 Å². The summed E-state index contributed by atoms with van der Waals surface area (Å²) in [5, 5.41) is 16.8. The first-order valence-corrected chi connectivity index (χ1v) is 3.03. The highest BCUT2D eigenvalue weighted by molar-refractivity contribution is 4.60. The molecule has 56 valence electrons. The molecule has 0 spiro atoms. The Morgan fingerprint density at radius 1 is 1.22 bits per heavy atom. The van der Waals surface area contributed by atoms with E-state index in [-0.39, 0.29) is 19.3 Å². The second-order valence-corrected chi connectivity index (χ2v) is 1.89. The molecule has 0 aliphatic rings. The van der Waals surface area contributed by atoms with Crippen LogP contribution in [0.2, 0.25) is 0 Å². The fourth-order valence-electron chi connectivity index (χ4n) is 0.623. The second kappa shape index (κ2) is 5.97. The number of hydrogen-bond acceptors (Lipinski definition) is 4. The molecule has 0 aromatic heterocycles. The van der Waals surface area contributed by atoms with Crippen LogP contribution in [-0.2, 0) is 0 Å². The minimum atomic E-state index is 0.0417.